The molecule has 7 heteroatoms. The van der Waals surface area contributed by atoms with E-state index in [9.17, 15) is 13.6 Å². The van der Waals surface area contributed by atoms with Crippen LogP contribution in [0.1, 0.15) is 19.3 Å². The average Bonchev–Trinajstić information content (AvgIpc) is 2.49. The summed E-state index contributed by atoms with van der Waals surface area (Å²) in [6, 6.07) is -0.666. The number of piperidine rings is 1. The second-order valence-electron chi connectivity index (χ2n) is 5.24. The first-order valence-corrected chi connectivity index (χ1v) is 7.77. The SMILES string of the molecule is C#CCN1C[C@H](COC)[C@@H]2CCCC(C1=O)N2S(=O)O. The van der Waals surface area contributed by atoms with E-state index in [0.29, 0.717) is 19.6 Å². The number of carbonyl (C=O) groups excluding carboxylic acids is 1. The van der Waals surface area contributed by atoms with Crippen molar-refractivity contribution in [1.82, 2.24) is 9.21 Å². The van der Waals surface area contributed by atoms with Gasteiger partial charge in [0.2, 0.25) is 17.2 Å². The van der Waals surface area contributed by atoms with Crippen molar-refractivity contribution in [3.05, 3.63) is 0 Å². The van der Waals surface area contributed by atoms with Gasteiger partial charge in [-0.1, -0.05) is 5.92 Å². The normalized spacial score (nSPS) is 32.5. The van der Waals surface area contributed by atoms with Gasteiger partial charge in [0, 0.05) is 25.6 Å². The Kier molecular flexibility index (Phi) is 5.16. The van der Waals surface area contributed by atoms with E-state index in [1.54, 1.807) is 12.0 Å². The summed E-state index contributed by atoms with van der Waals surface area (Å²) in [5, 5.41) is 0. The van der Waals surface area contributed by atoms with E-state index in [4.69, 9.17) is 11.2 Å². The van der Waals surface area contributed by atoms with E-state index < -0.39 is 17.3 Å². The predicted octanol–water partition coefficient (Wildman–Crippen LogP) is 0.0842. The van der Waals surface area contributed by atoms with Crippen LogP contribution in [0.2, 0.25) is 0 Å². The zero-order valence-electron chi connectivity index (χ0n) is 11.5. The minimum absolute atomic E-state index is 0.00120. The molecule has 1 amide bonds. The van der Waals surface area contributed by atoms with Crippen molar-refractivity contribution in [3.63, 3.8) is 0 Å². The molecule has 2 fully saturated rings. The highest BCUT2D eigenvalue weighted by Gasteiger charge is 2.46. The molecule has 0 aromatic rings. The van der Waals surface area contributed by atoms with E-state index in [0.717, 1.165) is 12.8 Å². The fourth-order valence-corrected chi connectivity index (χ4v) is 4.16. The molecule has 0 radical (unpaired) electrons. The van der Waals surface area contributed by atoms with Crippen molar-refractivity contribution < 1.29 is 18.3 Å². The Hall–Kier alpha value is -0.940. The van der Waals surface area contributed by atoms with Crippen molar-refractivity contribution in [2.75, 3.05) is 26.8 Å². The monoisotopic (exact) mass is 300 g/mol. The molecule has 2 rings (SSSR count). The van der Waals surface area contributed by atoms with E-state index in [-0.39, 0.29) is 24.4 Å². The molecule has 0 saturated carbocycles. The fourth-order valence-electron chi connectivity index (χ4n) is 3.24. The van der Waals surface area contributed by atoms with Crippen molar-refractivity contribution in [2.45, 2.75) is 31.3 Å². The van der Waals surface area contributed by atoms with Gasteiger partial charge >= 0.3 is 0 Å². The zero-order valence-corrected chi connectivity index (χ0v) is 12.3. The van der Waals surface area contributed by atoms with Gasteiger partial charge in [-0.3, -0.25) is 9.35 Å². The molecule has 0 aromatic carbocycles. The standard InChI is InChI=1S/C13H20N2O4S/c1-3-7-14-8-10(9-19-2)11-5-4-6-12(13(14)16)15(11)20(17)18/h1,10-12H,4-9H2,2H3,(H,17,18)/t10-,11+,12?/m1/s1. The maximum atomic E-state index is 12.5. The summed E-state index contributed by atoms with van der Waals surface area (Å²) in [5.74, 6) is 2.34. The maximum Gasteiger partial charge on any atom is 0.241 e. The molecular formula is C13H20N2O4S. The highest BCUT2D eigenvalue weighted by Crippen LogP contribution is 2.33. The fraction of sp³-hybridized carbons (Fsp3) is 0.769. The largest absolute Gasteiger partial charge is 0.384 e. The van der Waals surface area contributed by atoms with E-state index in [1.807, 2.05) is 0 Å². The molecule has 2 aliphatic heterocycles. The highest BCUT2D eigenvalue weighted by molar-refractivity contribution is 7.76. The van der Waals surface area contributed by atoms with Gasteiger partial charge in [-0.2, -0.15) is 4.31 Å². The summed E-state index contributed by atoms with van der Waals surface area (Å²) in [4.78, 5) is 14.1. The summed E-state index contributed by atoms with van der Waals surface area (Å²) >= 11 is -2.16. The molecule has 6 nitrogen and oxygen atoms in total. The Morgan fingerprint density at radius 1 is 1.55 bits per heavy atom. The molecular weight excluding hydrogens is 280 g/mol. The minimum atomic E-state index is -2.16. The molecule has 0 aromatic heterocycles. The average molecular weight is 300 g/mol. The zero-order chi connectivity index (χ0) is 14.7. The number of carbonyl (C=O) groups is 1. The molecule has 2 bridgehead atoms. The van der Waals surface area contributed by atoms with Gasteiger partial charge < -0.3 is 9.64 Å². The summed E-state index contributed by atoms with van der Waals surface area (Å²) in [7, 11) is 1.60. The van der Waals surface area contributed by atoms with Gasteiger partial charge in [-0.25, -0.2) is 4.21 Å². The number of terminal acetylenes is 1. The van der Waals surface area contributed by atoms with Gasteiger partial charge in [-0.15, -0.1) is 6.42 Å². The predicted molar refractivity (Wildman–Crippen MR) is 74.8 cm³/mol. The number of nitrogens with zero attached hydrogens (tertiary/aromatic N) is 2. The number of fused-ring (bicyclic) bond motifs is 2. The molecule has 2 heterocycles. The molecule has 2 saturated heterocycles. The van der Waals surface area contributed by atoms with Crippen LogP contribution >= 0.6 is 0 Å². The third kappa shape index (κ3) is 2.88. The van der Waals surface area contributed by atoms with Crippen molar-refractivity contribution in [3.8, 4) is 12.3 Å². The van der Waals surface area contributed by atoms with Gasteiger partial charge in [0.1, 0.15) is 6.04 Å². The highest BCUT2D eigenvalue weighted by atomic mass is 32.2. The Morgan fingerprint density at radius 2 is 2.30 bits per heavy atom. The maximum absolute atomic E-state index is 12.5. The quantitative estimate of drug-likeness (QED) is 0.590. The minimum Gasteiger partial charge on any atom is -0.384 e. The van der Waals surface area contributed by atoms with E-state index in [1.165, 1.54) is 4.31 Å². The van der Waals surface area contributed by atoms with Crippen LogP contribution in [0.5, 0.6) is 0 Å². The van der Waals surface area contributed by atoms with Crippen LogP contribution in [-0.4, -0.2) is 62.8 Å². The Labute approximate surface area is 121 Å². The lowest BCUT2D eigenvalue weighted by Gasteiger charge is -2.38. The van der Waals surface area contributed by atoms with Crippen LogP contribution < -0.4 is 0 Å². The molecule has 20 heavy (non-hydrogen) atoms. The molecule has 4 atom stereocenters. The number of ether oxygens (including phenoxy) is 1. The number of hydrogen-bond acceptors (Lipinski definition) is 3. The third-order valence-corrected chi connectivity index (χ3v) is 4.94. The molecule has 0 spiro atoms. The van der Waals surface area contributed by atoms with Gasteiger partial charge in [0.25, 0.3) is 0 Å². The molecule has 112 valence electrons. The van der Waals surface area contributed by atoms with Crippen LogP contribution in [0.4, 0.5) is 0 Å². The second kappa shape index (κ2) is 6.68. The van der Waals surface area contributed by atoms with E-state index >= 15 is 0 Å². The lowest BCUT2D eigenvalue weighted by atomic mass is 9.91. The van der Waals surface area contributed by atoms with Crippen molar-refractivity contribution >= 4 is 17.2 Å². The molecule has 2 unspecified atom stereocenters. The van der Waals surface area contributed by atoms with Crippen molar-refractivity contribution in [1.29, 1.82) is 0 Å². The first-order chi connectivity index (χ1) is 9.60. The molecule has 2 aliphatic rings. The van der Waals surface area contributed by atoms with Crippen LogP contribution in [0.15, 0.2) is 0 Å². The smallest absolute Gasteiger partial charge is 0.241 e. The molecule has 0 aliphatic carbocycles. The summed E-state index contributed by atoms with van der Waals surface area (Å²) < 4.78 is 27.9. The van der Waals surface area contributed by atoms with Crippen LogP contribution in [0.3, 0.4) is 0 Å². The summed E-state index contributed by atoms with van der Waals surface area (Å²) in [6.45, 7) is 1.15. The summed E-state index contributed by atoms with van der Waals surface area (Å²) in [6.07, 6.45) is 7.60. The Balaban J connectivity index is 2.35. The topological polar surface area (TPSA) is 70.1 Å². The van der Waals surface area contributed by atoms with Gasteiger partial charge in [-0.05, 0) is 19.3 Å². The Morgan fingerprint density at radius 3 is 2.90 bits per heavy atom. The van der Waals surface area contributed by atoms with Crippen LogP contribution in [0, 0.1) is 18.3 Å². The van der Waals surface area contributed by atoms with Gasteiger partial charge in [0.05, 0.1) is 13.2 Å². The summed E-state index contributed by atoms with van der Waals surface area (Å²) in [5.41, 5.74) is 0. The van der Waals surface area contributed by atoms with Crippen LogP contribution in [0.25, 0.3) is 0 Å². The van der Waals surface area contributed by atoms with Crippen molar-refractivity contribution in [2.24, 2.45) is 5.92 Å². The molecule has 1 N–H and O–H groups in total. The Bertz CT molecular complexity index is 437. The number of amides is 1. The first-order valence-electron chi connectivity index (χ1n) is 6.70. The van der Waals surface area contributed by atoms with Gasteiger partial charge in [0.15, 0.2) is 0 Å². The lowest BCUT2D eigenvalue weighted by molar-refractivity contribution is -0.134. The first kappa shape index (κ1) is 15.4. The third-order valence-electron chi connectivity index (χ3n) is 4.05. The number of hydrogen-bond donors (Lipinski definition) is 1. The lowest BCUT2D eigenvalue weighted by Crippen LogP contribution is -2.53. The van der Waals surface area contributed by atoms with Crippen LogP contribution in [-0.2, 0) is 20.8 Å². The number of rotatable bonds is 4. The second-order valence-corrected chi connectivity index (χ2v) is 6.13. The van der Waals surface area contributed by atoms with E-state index in [2.05, 4.69) is 5.92 Å². The number of methoxy groups -OCH3 is 1.